The molecule has 90 valence electrons. The van der Waals surface area contributed by atoms with Gasteiger partial charge in [-0.15, -0.1) is 10.2 Å². The van der Waals surface area contributed by atoms with Crippen LogP contribution in [0.1, 0.15) is 11.4 Å². The number of hydrogen-bond acceptors (Lipinski definition) is 5. The molecule has 0 aliphatic carbocycles. The summed E-state index contributed by atoms with van der Waals surface area (Å²) in [6.45, 7) is 0.385. The van der Waals surface area contributed by atoms with Crippen molar-refractivity contribution in [3.05, 3.63) is 35.7 Å². The molecule has 3 N–H and O–H groups in total. The van der Waals surface area contributed by atoms with Gasteiger partial charge in [-0.05, 0) is 17.7 Å². The van der Waals surface area contributed by atoms with Crippen LogP contribution in [0, 0.1) is 0 Å². The van der Waals surface area contributed by atoms with Crippen molar-refractivity contribution in [3.63, 3.8) is 0 Å². The van der Waals surface area contributed by atoms with Gasteiger partial charge in [-0.3, -0.25) is 0 Å². The maximum Gasteiger partial charge on any atom is 0.191 e. The average Bonchev–Trinajstić information content (AvgIpc) is 2.67. The van der Waals surface area contributed by atoms with Crippen molar-refractivity contribution in [3.8, 4) is 5.75 Å². The minimum absolute atomic E-state index is 0.281. The lowest BCUT2D eigenvalue weighted by molar-refractivity contribution is 0.475. The summed E-state index contributed by atoms with van der Waals surface area (Å²) >= 11 is 1.57. The number of thioether (sulfide) groups is 1. The second kappa shape index (κ2) is 5.20. The molecule has 2 rings (SSSR count). The Labute approximate surface area is 104 Å². The second-order valence-electron chi connectivity index (χ2n) is 3.62. The molecule has 2 aromatic rings. The third-order valence-corrected chi connectivity index (χ3v) is 3.48. The summed E-state index contributed by atoms with van der Waals surface area (Å²) < 4.78 is 1.88. The van der Waals surface area contributed by atoms with E-state index in [1.807, 2.05) is 23.7 Å². The van der Waals surface area contributed by atoms with Gasteiger partial charge >= 0.3 is 0 Å². The van der Waals surface area contributed by atoms with E-state index < -0.39 is 0 Å². The molecule has 1 aromatic heterocycles. The van der Waals surface area contributed by atoms with E-state index in [1.54, 1.807) is 23.9 Å². The quantitative estimate of drug-likeness (QED) is 0.799. The molecule has 0 aliphatic rings. The zero-order valence-corrected chi connectivity index (χ0v) is 10.3. The fraction of sp³-hybridized carbons (Fsp3) is 0.273. The first-order valence-corrected chi connectivity index (χ1v) is 6.18. The van der Waals surface area contributed by atoms with E-state index in [1.165, 1.54) is 0 Å². The average molecular weight is 250 g/mol. The minimum Gasteiger partial charge on any atom is -0.508 e. The first kappa shape index (κ1) is 11.9. The Morgan fingerprint density at radius 1 is 1.41 bits per heavy atom. The van der Waals surface area contributed by atoms with Gasteiger partial charge in [0, 0.05) is 12.8 Å². The summed E-state index contributed by atoms with van der Waals surface area (Å²) in [5.41, 5.74) is 6.57. The van der Waals surface area contributed by atoms with Crippen molar-refractivity contribution in [2.75, 3.05) is 0 Å². The summed E-state index contributed by atoms with van der Waals surface area (Å²) in [4.78, 5) is 0. The van der Waals surface area contributed by atoms with Crippen LogP contribution in [0.2, 0.25) is 0 Å². The number of phenols is 1. The Morgan fingerprint density at radius 3 is 2.88 bits per heavy atom. The summed E-state index contributed by atoms with van der Waals surface area (Å²) in [7, 11) is 1.90. The van der Waals surface area contributed by atoms with Crippen molar-refractivity contribution < 1.29 is 5.11 Å². The Hall–Kier alpha value is -1.53. The highest BCUT2D eigenvalue weighted by Gasteiger charge is 2.07. The van der Waals surface area contributed by atoms with Crippen LogP contribution < -0.4 is 5.73 Å². The van der Waals surface area contributed by atoms with Gasteiger partial charge in [-0.25, -0.2) is 0 Å². The van der Waals surface area contributed by atoms with Crippen LogP contribution in [0.5, 0.6) is 5.75 Å². The molecule has 17 heavy (non-hydrogen) atoms. The van der Waals surface area contributed by atoms with Crippen LogP contribution in [0.25, 0.3) is 0 Å². The maximum absolute atomic E-state index is 9.35. The van der Waals surface area contributed by atoms with Gasteiger partial charge in [0.1, 0.15) is 11.6 Å². The van der Waals surface area contributed by atoms with Gasteiger partial charge in [-0.2, -0.15) is 0 Å². The number of nitrogens with two attached hydrogens (primary N) is 1. The summed E-state index contributed by atoms with van der Waals surface area (Å²) in [6, 6.07) is 7.19. The van der Waals surface area contributed by atoms with Crippen molar-refractivity contribution in [1.29, 1.82) is 0 Å². The molecule has 0 radical (unpaired) electrons. The van der Waals surface area contributed by atoms with E-state index in [-0.39, 0.29) is 5.75 Å². The highest BCUT2D eigenvalue weighted by Crippen LogP contribution is 2.22. The van der Waals surface area contributed by atoms with Crippen molar-refractivity contribution in [1.82, 2.24) is 14.8 Å². The Morgan fingerprint density at radius 2 is 2.24 bits per heavy atom. The highest BCUT2D eigenvalue weighted by atomic mass is 32.2. The molecular formula is C11H14N4OS. The van der Waals surface area contributed by atoms with Gasteiger partial charge in [0.15, 0.2) is 5.16 Å². The summed E-state index contributed by atoms with van der Waals surface area (Å²) in [5, 5.41) is 18.2. The van der Waals surface area contributed by atoms with Gasteiger partial charge in [0.2, 0.25) is 0 Å². The third-order valence-electron chi connectivity index (χ3n) is 2.39. The predicted molar refractivity (Wildman–Crippen MR) is 66.6 cm³/mol. The van der Waals surface area contributed by atoms with Crippen LogP contribution >= 0.6 is 11.8 Å². The Balaban J connectivity index is 2.05. The topological polar surface area (TPSA) is 77.0 Å². The van der Waals surface area contributed by atoms with E-state index in [9.17, 15) is 5.11 Å². The zero-order valence-electron chi connectivity index (χ0n) is 9.50. The molecule has 0 bridgehead atoms. The number of nitrogens with zero attached hydrogens (tertiary/aromatic N) is 3. The predicted octanol–water partition coefficient (Wildman–Crippen LogP) is 1.27. The molecule has 6 heteroatoms. The number of aromatic hydroxyl groups is 1. The van der Waals surface area contributed by atoms with E-state index in [0.717, 1.165) is 22.3 Å². The van der Waals surface area contributed by atoms with Gasteiger partial charge < -0.3 is 15.4 Å². The lowest BCUT2D eigenvalue weighted by Gasteiger charge is -2.03. The summed E-state index contributed by atoms with van der Waals surface area (Å²) in [5.74, 6) is 1.79. The van der Waals surface area contributed by atoms with Crippen LogP contribution in [0.3, 0.4) is 0 Å². The van der Waals surface area contributed by atoms with E-state index in [0.29, 0.717) is 6.54 Å². The Bertz CT molecular complexity index is 512. The van der Waals surface area contributed by atoms with Crippen LogP contribution in [0.15, 0.2) is 29.4 Å². The maximum atomic E-state index is 9.35. The molecule has 0 saturated carbocycles. The van der Waals surface area contributed by atoms with E-state index >= 15 is 0 Å². The molecular weight excluding hydrogens is 236 g/mol. The number of phenolic OH excluding ortho intramolecular Hbond substituents is 1. The molecule has 0 saturated heterocycles. The second-order valence-corrected chi connectivity index (χ2v) is 4.56. The molecule has 1 heterocycles. The van der Waals surface area contributed by atoms with Gasteiger partial charge in [0.05, 0.1) is 6.54 Å². The number of benzene rings is 1. The van der Waals surface area contributed by atoms with Crippen LogP contribution in [-0.2, 0) is 19.3 Å². The largest absolute Gasteiger partial charge is 0.508 e. The number of hydrogen-bond donors (Lipinski definition) is 2. The first-order chi connectivity index (χ1) is 8.20. The molecule has 0 spiro atoms. The monoisotopic (exact) mass is 250 g/mol. The van der Waals surface area contributed by atoms with Crippen LogP contribution in [-0.4, -0.2) is 19.9 Å². The molecule has 5 nitrogen and oxygen atoms in total. The first-order valence-electron chi connectivity index (χ1n) is 5.19. The SMILES string of the molecule is Cn1c(CN)nnc1SCc1cccc(O)c1. The molecule has 0 atom stereocenters. The standard InChI is InChI=1S/C11H14N4OS/c1-15-10(6-12)13-14-11(15)17-7-8-3-2-4-9(16)5-8/h2-5,16H,6-7,12H2,1H3. The third kappa shape index (κ3) is 2.78. The fourth-order valence-electron chi connectivity index (χ4n) is 1.44. The lowest BCUT2D eigenvalue weighted by atomic mass is 10.2. The number of rotatable bonds is 4. The highest BCUT2D eigenvalue weighted by molar-refractivity contribution is 7.98. The van der Waals surface area contributed by atoms with E-state index in [2.05, 4.69) is 10.2 Å². The van der Waals surface area contributed by atoms with E-state index in [4.69, 9.17) is 5.73 Å². The lowest BCUT2D eigenvalue weighted by Crippen LogP contribution is -2.05. The Kier molecular flexibility index (Phi) is 3.65. The smallest absolute Gasteiger partial charge is 0.191 e. The molecule has 0 unspecified atom stereocenters. The van der Waals surface area contributed by atoms with Gasteiger partial charge in [-0.1, -0.05) is 23.9 Å². The van der Waals surface area contributed by atoms with Crippen molar-refractivity contribution in [2.45, 2.75) is 17.5 Å². The fourth-order valence-corrected chi connectivity index (χ4v) is 2.32. The van der Waals surface area contributed by atoms with Gasteiger partial charge in [0.25, 0.3) is 0 Å². The number of aromatic nitrogens is 3. The molecule has 1 aromatic carbocycles. The minimum atomic E-state index is 0.281. The van der Waals surface area contributed by atoms with Crippen molar-refractivity contribution in [2.24, 2.45) is 12.8 Å². The van der Waals surface area contributed by atoms with Crippen LogP contribution in [0.4, 0.5) is 0 Å². The zero-order chi connectivity index (χ0) is 12.3. The normalized spacial score (nSPS) is 10.7. The molecule has 0 fully saturated rings. The molecule has 0 aliphatic heterocycles. The van der Waals surface area contributed by atoms with Crippen molar-refractivity contribution >= 4 is 11.8 Å². The molecule has 0 amide bonds. The summed E-state index contributed by atoms with van der Waals surface area (Å²) in [6.07, 6.45) is 0.